The van der Waals surface area contributed by atoms with Gasteiger partial charge in [0.2, 0.25) is 0 Å². The molecule has 1 aromatic heterocycles. The number of nitrogens with zero attached hydrogens (tertiary/aromatic N) is 2. The highest BCUT2D eigenvalue weighted by Crippen LogP contribution is 2.29. The van der Waals surface area contributed by atoms with Crippen LogP contribution >= 0.6 is 0 Å². The van der Waals surface area contributed by atoms with Crippen molar-refractivity contribution in [3.05, 3.63) is 30.1 Å². The third kappa shape index (κ3) is 5.97. The number of hydrogen-bond acceptors (Lipinski definition) is 3. The molecule has 0 amide bonds. The van der Waals surface area contributed by atoms with Crippen LogP contribution in [0.3, 0.4) is 0 Å². The van der Waals surface area contributed by atoms with Crippen molar-refractivity contribution in [2.24, 2.45) is 5.92 Å². The molecule has 1 N–H and O–H groups in total. The second kappa shape index (κ2) is 8.47. The normalized spacial score (nSPS) is 21.5. The first-order chi connectivity index (χ1) is 11.0. The van der Waals surface area contributed by atoms with Crippen LogP contribution < -0.4 is 0 Å². The predicted octanol–water partition coefficient (Wildman–Crippen LogP) is 3.80. The first-order valence-electron chi connectivity index (χ1n) is 8.84. The van der Waals surface area contributed by atoms with Crippen LogP contribution in [-0.2, 0) is 0 Å². The maximum absolute atomic E-state index is 10.4. The summed E-state index contributed by atoms with van der Waals surface area (Å²) in [5.41, 5.74) is 0.407. The summed E-state index contributed by atoms with van der Waals surface area (Å²) in [6.45, 7) is 7.97. The summed E-state index contributed by atoms with van der Waals surface area (Å²) < 4.78 is 0. The van der Waals surface area contributed by atoms with Crippen molar-refractivity contribution in [1.29, 1.82) is 0 Å². The Balaban J connectivity index is 1.96. The molecule has 0 aliphatic carbocycles. The van der Waals surface area contributed by atoms with E-state index < -0.39 is 5.60 Å². The Morgan fingerprint density at radius 2 is 2.26 bits per heavy atom. The molecule has 1 aromatic rings. The van der Waals surface area contributed by atoms with Crippen LogP contribution in [0.5, 0.6) is 0 Å². The molecule has 126 valence electrons. The van der Waals surface area contributed by atoms with Crippen molar-refractivity contribution >= 4 is 0 Å². The Morgan fingerprint density at radius 1 is 1.43 bits per heavy atom. The second-order valence-electron chi connectivity index (χ2n) is 7.28. The SMILES string of the molecule is CC(C)CCC(C)(O)C#CCN1CCCCC1c1cccnc1. The molecule has 0 spiro atoms. The molecule has 3 heteroatoms. The van der Waals surface area contributed by atoms with Gasteiger partial charge in [0.15, 0.2) is 0 Å². The van der Waals surface area contributed by atoms with E-state index in [1.54, 1.807) is 0 Å². The molecule has 2 heterocycles. The van der Waals surface area contributed by atoms with Crippen molar-refractivity contribution in [3.8, 4) is 11.8 Å². The molecule has 3 nitrogen and oxygen atoms in total. The van der Waals surface area contributed by atoms with E-state index >= 15 is 0 Å². The van der Waals surface area contributed by atoms with Crippen LogP contribution in [-0.4, -0.2) is 33.7 Å². The molecule has 1 aliphatic rings. The summed E-state index contributed by atoms with van der Waals surface area (Å²) in [5.74, 6) is 6.90. The van der Waals surface area contributed by atoms with Gasteiger partial charge in [-0.1, -0.05) is 38.2 Å². The number of likely N-dealkylation sites (tertiary alicyclic amines) is 1. The molecule has 2 rings (SSSR count). The highest BCUT2D eigenvalue weighted by atomic mass is 16.3. The third-order valence-corrected chi connectivity index (χ3v) is 4.53. The lowest BCUT2D eigenvalue weighted by Gasteiger charge is -2.34. The maximum Gasteiger partial charge on any atom is 0.122 e. The van der Waals surface area contributed by atoms with Crippen LogP contribution in [0.1, 0.15) is 64.5 Å². The standard InChI is InChI=1S/C20H30N2O/c1-17(2)10-12-20(3,23)11-7-15-22-14-5-4-9-19(22)18-8-6-13-21-16-18/h6,8,13,16-17,19,23H,4-5,9-10,12,14-15H2,1-3H3. The minimum Gasteiger partial charge on any atom is -0.378 e. The van der Waals surface area contributed by atoms with Gasteiger partial charge in [-0.05, 0) is 56.7 Å². The molecule has 23 heavy (non-hydrogen) atoms. The Labute approximate surface area is 141 Å². The summed E-state index contributed by atoms with van der Waals surface area (Å²) >= 11 is 0. The quantitative estimate of drug-likeness (QED) is 0.840. The van der Waals surface area contributed by atoms with E-state index in [4.69, 9.17) is 0 Å². The largest absolute Gasteiger partial charge is 0.378 e. The first kappa shape index (κ1) is 18.0. The number of hydrogen-bond donors (Lipinski definition) is 1. The Morgan fingerprint density at radius 3 is 2.96 bits per heavy atom. The van der Waals surface area contributed by atoms with Crippen LogP contribution in [0, 0.1) is 17.8 Å². The van der Waals surface area contributed by atoms with E-state index in [9.17, 15) is 5.11 Å². The molecule has 0 bridgehead atoms. The summed E-state index contributed by atoms with van der Waals surface area (Å²) in [7, 11) is 0. The molecule has 1 fully saturated rings. The Kier molecular flexibility index (Phi) is 6.62. The number of pyridine rings is 1. The molecule has 0 saturated carbocycles. The van der Waals surface area contributed by atoms with Crippen molar-refractivity contribution < 1.29 is 5.11 Å². The van der Waals surface area contributed by atoms with Gasteiger partial charge in [-0.15, -0.1) is 0 Å². The van der Waals surface area contributed by atoms with Gasteiger partial charge in [0.1, 0.15) is 5.60 Å². The molecule has 2 atom stereocenters. The molecule has 1 saturated heterocycles. The zero-order valence-electron chi connectivity index (χ0n) is 14.8. The van der Waals surface area contributed by atoms with Gasteiger partial charge in [-0.25, -0.2) is 0 Å². The monoisotopic (exact) mass is 314 g/mol. The molecule has 1 aliphatic heterocycles. The van der Waals surface area contributed by atoms with E-state index in [-0.39, 0.29) is 0 Å². The number of aromatic nitrogens is 1. The highest BCUT2D eigenvalue weighted by Gasteiger charge is 2.23. The average molecular weight is 314 g/mol. The molecule has 0 radical (unpaired) electrons. The van der Waals surface area contributed by atoms with Crippen molar-refractivity contribution in [3.63, 3.8) is 0 Å². The summed E-state index contributed by atoms with van der Waals surface area (Å²) in [4.78, 5) is 6.67. The number of aliphatic hydroxyl groups is 1. The lowest BCUT2D eigenvalue weighted by atomic mass is 9.95. The van der Waals surface area contributed by atoms with Gasteiger partial charge in [0.05, 0.1) is 6.54 Å². The van der Waals surface area contributed by atoms with Gasteiger partial charge in [-0.2, -0.15) is 0 Å². The van der Waals surface area contributed by atoms with Crippen LogP contribution in [0.15, 0.2) is 24.5 Å². The van der Waals surface area contributed by atoms with E-state index in [0.29, 0.717) is 12.0 Å². The third-order valence-electron chi connectivity index (χ3n) is 4.53. The van der Waals surface area contributed by atoms with Crippen molar-refractivity contribution in [2.45, 2.75) is 64.5 Å². The van der Waals surface area contributed by atoms with Crippen molar-refractivity contribution in [2.75, 3.05) is 13.1 Å². The number of rotatable bonds is 5. The average Bonchev–Trinajstić information content (AvgIpc) is 2.54. The first-order valence-corrected chi connectivity index (χ1v) is 8.84. The topological polar surface area (TPSA) is 36.4 Å². The molecular formula is C20H30N2O. The lowest BCUT2D eigenvalue weighted by molar-refractivity contribution is 0.105. The Bertz CT molecular complexity index is 528. The zero-order chi connectivity index (χ0) is 16.7. The van der Waals surface area contributed by atoms with E-state index in [1.165, 1.54) is 18.4 Å². The van der Waals surface area contributed by atoms with Gasteiger partial charge in [-0.3, -0.25) is 9.88 Å². The summed E-state index contributed by atoms with van der Waals surface area (Å²) in [6, 6.07) is 4.57. The lowest BCUT2D eigenvalue weighted by Crippen LogP contribution is -2.34. The predicted molar refractivity (Wildman–Crippen MR) is 94.9 cm³/mol. The van der Waals surface area contributed by atoms with Gasteiger partial charge in [0.25, 0.3) is 0 Å². The van der Waals surface area contributed by atoms with E-state index in [1.807, 2.05) is 25.4 Å². The fourth-order valence-electron chi connectivity index (χ4n) is 3.09. The van der Waals surface area contributed by atoms with Gasteiger partial charge < -0.3 is 5.11 Å². The van der Waals surface area contributed by atoms with Crippen LogP contribution in [0.25, 0.3) is 0 Å². The van der Waals surface area contributed by atoms with Gasteiger partial charge >= 0.3 is 0 Å². The number of piperidine rings is 1. The van der Waals surface area contributed by atoms with Crippen LogP contribution in [0.4, 0.5) is 0 Å². The van der Waals surface area contributed by atoms with Crippen LogP contribution in [0.2, 0.25) is 0 Å². The zero-order valence-corrected chi connectivity index (χ0v) is 14.8. The van der Waals surface area contributed by atoms with Crippen molar-refractivity contribution in [1.82, 2.24) is 9.88 Å². The molecule has 2 unspecified atom stereocenters. The Hall–Kier alpha value is -1.37. The summed E-state index contributed by atoms with van der Waals surface area (Å²) in [6.07, 6.45) is 9.18. The maximum atomic E-state index is 10.4. The smallest absolute Gasteiger partial charge is 0.122 e. The fourth-order valence-corrected chi connectivity index (χ4v) is 3.09. The highest BCUT2D eigenvalue weighted by molar-refractivity contribution is 5.17. The van der Waals surface area contributed by atoms with Gasteiger partial charge in [0, 0.05) is 18.4 Å². The second-order valence-corrected chi connectivity index (χ2v) is 7.28. The minimum absolute atomic E-state index is 0.410. The molecular weight excluding hydrogens is 284 g/mol. The fraction of sp³-hybridized carbons (Fsp3) is 0.650. The van der Waals surface area contributed by atoms with E-state index in [0.717, 1.165) is 32.4 Å². The summed E-state index contributed by atoms with van der Waals surface area (Å²) in [5, 5.41) is 10.4. The van der Waals surface area contributed by atoms with E-state index in [2.05, 4.69) is 41.6 Å². The minimum atomic E-state index is -0.871. The molecule has 0 aromatic carbocycles.